The highest BCUT2D eigenvalue weighted by Gasteiger charge is 2.50. The molecule has 2 heterocycles. The summed E-state index contributed by atoms with van der Waals surface area (Å²) in [5.41, 5.74) is -1.45. The topological polar surface area (TPSA) is 58.4 Å². The number of halogens is 5. The zero-order valence-electron chi connectivity index (χ0n) is 20.2. The second kappa shape index (κ2) is 10.1. The molecule has 1 aliphatic rings. The largest absolute Gasteiger partial charge is 0.511 e. The molecule has 6 nitrogen and oxygen atoms in total. The number of anilines is 1. The van der Waals surface area contributed by atoms with Crippen LogP contribution in [0.15, 0.2) is 66.7 Å². The van der Waals surface area contributed by atoms with Gasteiger partial charge in [0.1, 0.15) is 0 Å². The van der Waals surface area contributed by atoms with Crippen molar-refractivity contribution in [2.24, 2.45) is 7.05 Å². The molecule has 0 amide bonds. The first-order valence-electron chi connectivity index (χ1n) is 11.7. The first-order valence-corrected chi connectivity index (χ1v) is 13.9. The molecule has 0 bridgehead atoms. The van der Waals surface area contributed by atoms with Crippen molar-refractivity contribution in [3.63, 3.8) is 0 Å². The summed E-state index contributed by atoms with van der Waals surface area (Å²) in [6.07, 6.45) is 0. The zero-order valence-corrected chi connectivity index (χ0v) is 22.5. The van der Waals surface area contributed by atoms with Crippen LogP contribution in [0.5, 0.6) is 0 Å². The number of alkyl halides is 3. The van der Waals surface area contributed by atoms with Crippen LogP contribution in [0.3, 0.4) is 0 Å². The summed E-state index contributed by atoms with van der Waals surface area (Å²) in [4.78, 5) is 1.83. The number of fused-ring (bicyclic) bond motifs is 1. The van der Waals surface area contributed by atoms with E-state index in [2.05, 4.69) is 5.10 Å². The summed E-state index contributed by atoms with van der Waals surface area (Å²) in [5.74, 6) is 0.454. The van der Waals surface area contributed by atoms with Crippen LogP contribution in [0.4, 0.5) is 19.0 Å². The lowest BCUT2D eigenvalue weighted by molar-refractivity contribution is -0.0490. The van der Waals surface area contributed by atoms with Crippen LogP contribution in [0.2, 0.25) is 10.0 Å². The molecule has 0 atom stereocenters. The third-order valence-electron chi connectivity index (χ3n) is 6.77. The van der Waals surface area contributed by atoms with Gasteiger partial charge in [-0.15, -0.1) is 0 Å². The van der Waals surface area contributed by atoms with Gasteiger partial charge in [-0.25, -0.2) is 8.42 Å². The quantitative estimate of drug-likeness (QED) is 0.269. The molecule has 200 valence electrons. The van der Waals surface area contributed by atoms with Gasteiger partial charge in [-0.1, -0.05) is 53.5 Å². The summed E-state index contributed by atoms with van der Waals surface area (Å²) in [6, 6.07) is 21.2. The highest BCUT2D eigenvalue weighted by molar-refractivity contribution is 7.90. The lowest BCUT2D eigenvalue weighted by Crippen LogP contribution is -2.52. The molecule has 12 heteroatoms. The second-order valence-electron chi connectivity index (χ2n) is 9.10. The van der Waals surface area contributed by atoms with Gasteiger partial charge >= 0.3 is 15.5 Å². The summed E-state index contributed by atoms with van der Waals surface area (Å²) < 4.78 is 64.9. The van der Waals surface area contributed by atoms with Crippen LogP contribution in [0, 0.1) is 0 Å². The lowest BCUT2D eigenvalue weighted by atomic mass is 9.85. The molecule has 0 spiro atoms. The maximum atomic E-state index is 13.0. The molecule has 0 radical (unpaired) electrons. The fraction of sp³-hybridized carbons (Fsp3) is 0.269. The molecule has 0 N–H and O–H groups in total. The first kappa shape index (κ1) is 26.8. The van der Waals surface area contributed by atoms with E-state index in [0.717, 1.165) is 27.6 Å². The van der Waals surface area contributed by atoms with Crippen molar-refractivity contribution >= 4 is 49.9 Å². The van der Waals surface area contributed by atoms with Crippen LogP contribution in [0.1, 0.15) is 22.6 Å². The molecule has 5 rings (SSSR count). The highest BCUT2D eigenvalue weighted by Crippen LogP contribution is 2.37. The summed E-state index contributed by atoms with van der Waals surface area (Å²) >= 11 is 12.3. The molecule has 0 aliphatic carbocycles. The molecule has 3 aromatic carbocycles. The predicted octanol–water partition coefficient (Wildman–Crippen LogP) is 6.03. The zero-order chi connectivity index (χ0) is 27.2. The Kier molecular flexibility index (Phi) is 7.10. The number of sulfonamides is 1. The average molecular weight is 583 g/mol. The number of benzene rings is 3. The molecule has 0 unspecified atom stereocenters. The number of hydrogen-bond donors (Lipinski definition) is 0. The third-order valence-corrected chi connectivity index (χ3v) is 8.90. The molecule has 38 heavy (non-hydrogen) atoms. The molecule has 1 fully saturated rings. The van der Waals surface area contributed by atoms with E-state index in [1.165, 1.54) is 0 Å². The van der Waals surface area contributed by atoms with Gasteiger partial charge in [0.25, 0.3) is 0 Å². The molecule has 1 aliphatic heterocycles. The van der Waals surface area contributed by atoms with Gasteiger partial charge in [-0.2, -0.15) is 22.6 Å². The van der Waals surface area contributed by atoms with Crippen molar-refractivity contribution in [3.8, 4) is 0 Å². The number of piperazine rings is 1. The number of nitrogens with zero attached hydrogens (tertiary/aromatic N) is 4. The SMILES string of the molecule is Cn1nc(N2CCN(S(=O)(=O)C(F)(F)F)CC2)c2cc(C(c3ccc(Cl)cc3)c3ccc(Cl)cc3)ccc21. The second-order valence-corrected chi connectivity index (χ2v) is 11.9. The van der Waals surface area contributed by atoms with Crippen LogP contribution in [0.25, 0.3) is 10.9 Å². The van der Waals surface area contributed by atoms with Gasteiger partial charge in [0.05, 0.1) is 5.52 Å². The molecule has 4 aromatic rings. The van der Waals surface area contributed by atoms with E-state index >= 15 is 0 Å². The average Bonchev–Trinajstić information content (AvgIpc) is 3.21. The van der Waals surface area contributed by atoms with Gasteiger partial charge < -0.3 is 4.90 Å². The number of aromatic nitrogens is 2. The Labute approximate surface area is 228 Å². The normalized spacial score (nSPS) is 15.5. The number of hydrogen-bond acceptors (Lipinski definition) is 4. The van der Waals surface area contributed by atoms with E-state index in [4.69, 9.17) is 23.2 Å². The maximum absolute atomic E-state index is 13.0. The van der Waals surface area contributed by atoms with Gasteiger partial charge in [-0.3, -0.25) is 4.68 Å². The summed E-state index contributed by atoms with van der Waals surface area (Å²) in [6.45, 7) is -0.386. The minimum absolute atomic E-state index is 0.0868. The maximum Gasteiger partial charge on any atom is 0.511 e. The van der Waals surface area contributed by atoms with Crippen molar-refractivity contribution < 1.29 is 21.6 Å². The molecular weight excluding hydrogens is 560 g/mol. The first-order chi connectivity index (χ1) is 18.0. The van der Waals surface area contributed by atoms with Crippen LogP contribution in [-0.2, 0) is 17.1 Å². The Morgan fingerprint density at radius 2 is 1.32 bits per heavy atom. The van der Waals surface area contributed by atoms with Crippen LogP contribution < -0.4 is 4.90 Å². The van der Waals surface area contributed by atoms with Crippen molar-refractivity contribution in [1.82, 2.24) is 14.1 Å². The van der Waals surface area contributed by atoms with Gasteiger partial charge in [0.2, 0.25) is 0 Å². The van der Waals surface area contributed by atoms with E-state index in [9.17, 15) is 21.6 Å². The van der Waals surface area contributed by atoms with E-state index in [1.807, 2.05) is 71.6 Å². The summed E-state index contributed by atoms with van der Waals surface area (Å²) in [7, 11) is -3.57. The van der Waals surface area contributed by atoms with Crippen molar-refractivity contribution in [1.29, 1.82) is 0 Å². The molecule has 1 aromatic heterocycles. The fourth-order valence-corrected chi connectivity index (χ4v) is 6.04. The highest BCUT2D eigenvalue weighted by atomic mass is 35.5. The Hall–Kier alpha value is -2.79. The van der Waals surface area contributed by atoms with Gasteiger partial charge in [0, 0.05) is 54.6 Å². The molecule has 1 saturated heterocycles. The third kappa shape index (κ3) is 4.98. The predicted molar refractivity (Wildman–Crippen MR) is 143 cm³/mol. The minimum atomic E-state index is -5.37. The Bertz CT molecular complexity index is 1520. The van der Waals surface area contributed by atoms with E-state index in [1.54, 1.807) is 11.7 Å². The Balaban J connectivity index is 1.53. The van der Waals surface area contributed by atoms with Gasteiger partial charge in [-0.05, 0) is 53.1 Å². The fourth-order valence-electron chi connectivity index (χ4n) is 4.85. The smallest absolute Gasteiger partial charge is 0.352 e. The van der Waals surface area contributed by atoms with E-state index in [0.29, 0.717) is 20.2 Å². The Morgan fingerprint density at radius 3 is 1.82 bits per heavy atom. The van der Waals surface area contributed by atoms with Crippen molar-refractivity contribution in [3.05, 3.63) is 93.5 Å². The monoisotopic (exact) mass is 582 g/mol. The Morgan fingerprint density at radius 1 is 0.816 bits per heavy atom. The van der Waals surface area contributed by atoms with Crippen molar-refractivity contribution in [2.45, 2.75) is 11.4 Å². The van der Waals surface area contributed by atoms with E-state index < -0.39 is 15.5 Å². The minimum Gasteiger partial charge on any atom is -0.352 e. The van der Waals surface area contributed by atoms with Crippen LogP contribution >= 0.6 is 23.2 Å². The number of aryl methyl sites for hydroxylation is 1. The summed E-state index contributed by atoms with van der Waals surface area (Å²) in [5, 5.41) is 6.71. The van der Waals surface area contributed by atoms with Gasteiger partial charge in [0.15, 0.2) is 5.82 Å². The number of rotatable bonds is 5. The molecular formula is C26H23Cl2F3N4O2S. The lowest BCUT2D eigenvalue weighted by Gasteiger charge is -2.34. The standard InChI is InChI=1S/C26H23Cl2F3N4O2S/c1-33-23-11-6-19(24(17-2-7-20(27)8-3-17)18-4-9-21(28)10-5-18)16-22(23)25(32-33)34-12-14-35(15-13-34)38(36,37)26(29,30)31/h2-11,16,24H,12-15H2,1H3. The van der Waals surface area contributed by atoms with Crippen LogP contribution in [-0.4, -0.2) is 54.2 Å². The van der Waals surface area contributed by atoms with E-state index in [-0.39, 0.29) is 32.1 Å². The molecule has 0 saturated carbocycles. The van der Waals surface area contributed by atoms with Crippen molar-refractivity contribution in [2.75, 3.05) is 31.1 Å².